The van der Waals surface area contributed by atoms with E-state index >= 15 is 0 Å². The fourth-order valence-electron chi connectivity index (χ4n) is 4.54. The summed E-state index contributed by atoms with van der Waals surface area (Å²) in [5, 5.41) is 0. The lowest BCUT2D eigenvalue weighted by molar-refractivity contribution is 0.118. The average molecular weight is 228 g/mol. The van der Waals surface area contributed by atoms with Gasteiger partial charge in [-0.15, -0.1) is 0 Å². The van der Waals surface area contributed by atoms with E-state index in [2.05, 4.69) is 39.0 Å². The predicted molar refractivity (Wildman–Crippen MR) is 73.4 cm³/mol. The van der Waals surface area contributed by atoms with E-state index in [4.69, 9.17) is 0 Å². The summed E-state index contributed by atoms with van der Waals surface area (Å²) >= 11 is 0. The van der Waals surface area contributed by atoms with Crippen LogP contribution in [0.5, 0.6) is 0 Å². The van der Waals surface area contributed by atoms with Crippen LogP contribution in [0.1, 0.15) is 56.2 Å². The summed E-state index contributed by atoms with van der Waals surface area (Å²) in [6, 6.07) is 7.16. The van der Waals surface area contributed by atoms with Crippen LogP contribution in [0.4, 0.5) is 0 Å². The average Bonchev–Trinajstić information content (AvgIpc) is 2.28. The molecule has 0 aliphatic heterocycles. The molecule has 2 aliphatic carbocycles. The van der Waals surface area contributed by atoms with Crippen molar-refractivity contribution in [3.8, 4) is 0 Å². The first-order valence-corrected chi connectivity index (χ1v) is 7.21. The summed E-state index contributed by atoms with van der Waals surface area (Å²) < 4.78 is 0. The number of aryl methyl sites for hydroxylation is 2. The van der Waals surface area contributed by atoms with E-state index in [1.54, 1.807) is 11.1 Å². The molecule has 1 unspecified atom stereocenters. The van der Waals surface area contributed by atoms with Crippen LogP contribution in [-0.4, -0.2) is 0 Å². The molecule has 2 aliphatic rings. The van der Waals surface area contributed by atoms with E-state index < -0.39 is 0 Å². The lowest BCUT2D eigenvalue weighted by Gasteiger charge is -2.49. The van der Waals surface area contributed by atoms with Crippen LogP contribution in [0.3, 0.4) is 0 Å². The zero-order valence-electron chi connectivity index (χ0n) is 11.4. The smallest absolute Gasteiger partial charge is 0.00417 e. The molecule has 1 fully saturated rings. The molecule has 0 spiro atoms. The Hall–Kier alpha value is -0.780. The Balaban J connectivity index is 2.09. The molecular formula is C17H24. The molecule has 0 aromatic heterocycles. The Morgan fingerprint density at radius 2 is 2.06 bits per heavy atom. The fraction of sp³-hybridized carbons (Fsp3) is 0.647. The Morgan fingerprint density at radius 3 is 2.88 bits per heavy atom. The summed E-state index contributed by atoms with van der Waals surface area (Å²) in [6.07, 6.45) is 6.98. The van der Waals surface area contributed by atoms with Crippen molar-refractivity contribution >= 4 is 0 Å². The summed E-state index contributed by atoms with van der Waals surface area (Å²) in [5.41, 5.74) is 5.21. The van der Waals surface area contributed by atoms with Crippen LogP contribution in [0.2, 0.25) is 0 Å². The quantitative estimate of drug-likeness (QED) is 0.607. The second-order valence-electron chi connectivity index (χ2n) is 6.59. The first-order chi connectivity index (χ1) is 8.11. The normalized spacial score (nSPS) is 36.2. The largest absolute Gasteiger partial charge is 0.0622 e. The Kier molecular flexibility index (Phi) is 2.57. The number of hydrogen-bond donors (Lipinski definition) is 0. The van der Waals surface area contributed by atoms with E-state index in [1.165, 1.54) is 37.7 Å². The number of hydrogen-bond acceptors (Lipinski definition) is 0. The molecule has 92 valence electrons. The molecule has 1 saturated carbocycles. The molecule has 1 aromatic rings. The first-order valence-electron chi connectivity index (χ1n) is 7.21. The third kappa shape index (κ3) is 1.64. The van der Waals surface area contributed by atoms with Crippen molar-refractivity contribution in [1.82, 2.24) is 0 Å². The van der Waals surface area contributed by atoms with Crippen molar-refractivity contribution in [1.29, 1.82) is 0 Å². The minimum atomic E-state index is 0.471. The zero-order chi connectivity index (χ0) is 12.0. The van der Waals surface area contributed by atoms with Crippen molar-refractivity contribution in [2.75, 3.05) is 0 Å². The molecule has 0 heteroatoms. The predicted octanol–water partition coefficient (Wildman–Crippen LogP) is 4.64. The lowest BCUT2D eigenvalue weighted by atomic mass is 9.55. The molecule has 1 aromatic carbocycles. The van der Waals surface area contributed by atoms with Gasteiger partial charge in [0.05, 0.1) is 0 Å². The summed E-state index contributed by atoms with van der Waals surface area (Å²) in [5.74, 6) is 1.84. The van der Waals surface area contributed by atoms with Crippen LogP contribution < -0.4 is 0 Å². The maximum Gasteiger partial charge on any atom is -0.00417 e. The maximum absolute atomic E-state index is 2.53. The van der Waals surface area contributed by atoms with E-state index in [1.807, 2.05) is 0 Å². The van der Waals surface area contributed by atoms with Gasteiger partial charge in [0.25, 0.3) is 0 Å². The van der Waals surface area contributed by atoms with Crippen molar-refractivity contribution < 1.29 is 0 Å². The van der Waals surface area contributed by atoms with Gasteiger partial charge in [-0.05, 0) is 54.6 Å². The van der Waals surface area contributed by atoms with Gasteiger partial charge >= 0.3 is 0 Å². The fourth-order valence-corrected chi connectivity index (χ4v) is 4.54. The highest BCUT2D eigenvalue weighted by atomic mass is 14.5. The van der Waals surface area contributed by atoms with Crippen molar-refractivity contribution in [3.05, 3.63) is 34.9 Å². The van der Waals surface area contributed by atoms with Gasteiger partial charge in [-0.2, -0.15) is 0 Å². The van der Waals surface area contributed by atoms with Crippen LogP contribution >= 0.6 is 0 Å². The van der Waals surface area contributed by atoms with Gasteiger partial charge < -0.3 is 0 Å². The minimum Gasteiger partial charge on any atom is -0.0622 e. The topological polar surface area (TPSA) is 0 Å². The highest BCUT2D eigenvalue weighted by Crippen LogP contribution is 2.51. The van der Waals surface area contributed by atoms with Crippen LogP contribution in [0.15, 0.2) is 18.2 Å². The molecule has 0 amide bonds. The van der Waals surface area contributed by atoms with Crippen LogP contribution in [-0.2, 0) is 11.8 Å². The monoisotopic (exact) mass is 228 g/mol. The van der Waals surface area contributed by atoms with Crippen molar-refractivity contribution in [2.45, 2.75) is 58.3 Å². The molecule has 0 N–H and O–H groups in total. The van der Waals surface area contributed by atoms with Gasteiger partial charge in [-0.1, -0.05) is 50.5 Å². The zero-order valence-corrected chi connectivity index (χ0v) is 11.4. The van der Waals surface area contributed by atoms with E-state index in [0.29, 0.717) is 5.41 Å². The Bertz CT molecular complexity index is 432. The van der Waals surface area contributed by atoms with Gasteiger partial charge in [-0.25, -0.2) is 0 Å². The number of rotatable bonds is 0. The van der Waals surface area contributed by atoms with Gasteiger partial charge in [0.15, 0.2) is 0 Å². The summed E-state index contributed by atoms with van der Waals surface area (Å²) in [7, 11) is 0. The van der Waals surface area contributed by atoms with Crippen LogP contribution in [0.25, 0.3) is 0 Å². The first kappa shape index (κ1) is 11.3. The van der Waals surface area contributed by atoms with Gasteiger partial charge in [0.1, 0.15) is 0 Å². The molecule has 0 nitrogen and oxygen atoms in total. The second kappa shape index (κ2) is 3.86. The Morgan fingerprint density at radius 1 is 1.24 bits per heavy atom. The lowest BCUT2D eigenvalue weighted by Crippen LogP contribution is -2.43. The van der Waals surface area contributed by atoms with Gasteiger partial charge in [0, 0.05) is 0 Å². The molecule has 0 bridgehead atoms. The standard InChI is InChI=1S/C17H24/c1-12-6-8-16-14(11-12)7-9-15-13(2)5-4-10-17(15,16)3/h6,8,11,13,15H,4-5,7,9-10H2,1-3H3/t13-,15?,17-/m0/s1. The third-order valence-corrected chi connectivity index (χ3v) is 5.46. The molecule has 0 saturated heterocycles. The minimum absolute atomic E-state index is 0.471. The maximum atomic E-state index is 2.53. The van der Waals surface area contributed by atoms with E-state index in [0.717, 1.165) is 11.8 Å². The summed E-state index contributed by atoms with van der Waals surface area (Å²) in [6.45, 7) is 7.22. The SMILES string of the molecule is Cc1ccc2c(c1)CCC1[C@@H](C)CCC[C@]21C. The summed E-state index contributed by atoms with van der Waals surface area (Å²) in [4.78, 5) is 0. The molecule has 3 atom stereocenters. The van der Waals surface area contributed by atoms with Gasteiger partial charge in [0.2, 0.25) is 0 Å². The van der Waals surface area contributed by atoms with Gasteiger partial charge in [-0.3, -0.25) is 0 Å². The van der Waals surface area contributed by atoms with Crippen molar-refractivity contribution in [2.24, 2.45) is 11.8 Å². The Labute approximate surface area is 105 Å². The highest BCUT2D eigenvalue weighted by Gasteiger charge is 2.44. The molecular weight excluding hydrogens is 204 g/mol. The second-order valence-corrected chi connectivity index (χ2v) is 6.59. The number of benzene rings is 1. The molecule has 3 rings (SSSR count). The third-order valence-electron chi connectivity index (χ3n) is 5.46. The van der Waals surface area contributed by atoms with Crippen molar-refractivity contribution in [3.63, 3.8) is 0 Å². The number of fused-ring (bicyclic) bond motifs is 3. The molecule has 0 heterocycles. The molecule has 0 radical (unpaired) electrons. The molecule has 17 heavy (non-hydrogen) atoms. The van der Waals surface area contributed by atoms with E-state index in [9.17, 15) is 0 Å². The highest BCUT2D eigenvalue weighted by molar-refractivity contribution is 5.40. The van der Waals surface area contributed by atoms with E-state index in [-0.39, 0.29) is 0 Å². The van der Waals surface area contributed by atoms with Crippen LogP contribution in [0, 0.1) is 18.8 Å².